The Labute approximate surface area is 75.3 Å². The Hall–Kier alpha value is -1.30. The Morgan fingerprint density at radius 3 is 2.42 bits per heavy atom. The molecule has 0 fully saturated rings. The minimum absolute atomic E-state index is 1.02. The molecule has 0 rings (SSSR count). The fraction of sp³-hybridized carbons (Fsp3) is 0.167. The van der Waals surface area contributed by atoms with E-state index in [0.717, 1.165) is 5.57 Å². The van der Waals surface area contributed by atoms with Crippen LogP contribution in [0, 0.1) is 0 Å². The molecule has 0 heterocycles. The van der Waals surface area contributed by atoms with Gasteiger partial charge in [-0.05, 0) is 25.0 Å². The van der Waals surface area contributed by atoms with Crippen molar-refractivity contribution < 1.29 is 0 Å². The summed E-state index contributed by atoms with van der Waals surface area (Å²) in [5, 5.41) is 0. The van der Waals surface area contributed by atoms with Crippen LogP contribution in [0.25, 0.3) is 0 Å². The van der Waals surface area contributed by atoms with E-state index in [1.54, 1.807) is 6.08 Å². The summed E-state index contributed by atoms with van der Waals surface area (Å²) in [6, 6.07) is 0. The van der Waals surface area contributed by atoms with Crippen molar-refractivity contribution in [3.05, 3.63) is 60.8 Å². The molecule has 0 aliphatic carbocycles. The molecule has 0 radical (unpaired) electrons. The van der Waals surface area contributed by atoms with Crippen LogP contribution in [0.4, 0.5) is 0 Å². The van der Waals surface area contributed by atoms with Crippen molar-refractivity contribution in [3.8, 4) is 0 Å². The lowest BCUT2D eigenvalue weighted by Gasteiger charge is -1.96. The molecule has 0 aromatic heterocycles. The fourth-order valence-electron chi connectivity index (χ4n) is 0.663. The molecule has 0 saturated carbocycles. The molecule has 0 amide bonds. The van der Waals surface area contributed by atoms with Gasteiger partial charge in [-0.2, -0.15) is 0 Å². The van der Waals surface area contributed by atoms with Crippen LogP contribution in [0.3, 0.4) is 0 Å². The van der Waals surface area contributed by atoms with Gasteiger partial charge in [0.1, 0.15) is 0 Å². The SMILES string of the molecule is C=CC=CC(=C)C(C)=CC=CC. The molecule has 0 bridgehead atoms. The molecule has 0 saturated heterocycles. The normalized spacial score (nSPS) is 12.7. The largest absolute Gasteiger partial charge is 0.0991 e. The highest BCUT2D eigenvalue weighted by Gasteiger charge is 1.87. The smallest absolute Gasteiger partial charge is 0.0299 e. The molecule has 0 spiro atoms. The zero-order valence-electron chi connectivity index (χ0n) is 7.88. The predicted octanol–water partition coefficient (Wildman–Crippen LogP) is 3.81. The minimum atomic E-state index is 1.02. The lowest BCUT2D eigenvalue weighted by atomic mass is 10.1. The first kappa shape index (κ1) is 10.7. The number of hydrogen-bond donors (Lipinski definition) is 0. The van der Waals surface area contributed by atoms with E-state index in [1.807, 2.05) is 44.2 Å². The Morgan fingerprint density at radius 1 is 1.25 bits per heavy atom. The zero-order valence-corrected chi connectivity index (χ0v) is 7.88. The van der Waals surface area contributed by atoms with E-state index in [4.69, 9.17) is 0 Å². The van der Waals surface area contributed by atoms with Crippen LogP contribution >= 0.6 is 0 Å². The second kappa shape index (κ2) is 6.41. The lowest BCUT2D eigenvalue weighted by molar-refractivity contribution is 1.44. The van der Waals surface area contributed by atoms with Crippen LogP contribution < -0.4 is 0 Å². The van der Waals surface area contributed by atoms with E-state index < -0.39 is 0 Å². The Bertz CT molecular complexity index is 237. The molecule has 0 unspecified atom stereocenters. The topological polar surface area (TPSA) is 0 Å². The summed E-state index contributed by atoms with van der Waals surface area (Å²) >= 11 is 0. The molecular weight excluding hydrogens is 144 g/mol. The third kappa shape index (κ3) is 4.51. The molecule has 64 valence electrons. The van der Waals surface area contributed by atoms with E-state index >= 15 is 0 Å². The fourth-order valence-corrected chi connectivity index (χ4v) is 0.663. The number of rotatable bonds is 4. The van der Waals surface area contributed by atoms with Gasteiger partial charge in [0.05, 0.1) is 0 Å². The Morgan fingerprint density at radius 2 is 1.92 bits per heavy atom. The van der Waals surface area contributed by atoms with Gasteiger partial charge in [-0.25, -0.2) is 0 Å². The van der Waals surface area contributed by atoms with Gasteiger partial charge < -0.3 is 0 Å². The van der Waals surface area contributed by atoms with Crippen LogP contribution in [0.1, 0.15) is 13.8 Å². The summed E-state index contributed by atoms with van der Waals surface area (Å²) in [6.07, 6.45) is 11.6. The highest BCUT2D eigenvalue weighted by molar-refractivity contribution is 5.38. The average Bonchev–Trinajstić information content (AvgIpc) is 2.10. The van der Waals surface area contributed by atoms with Crippen LogP contribution in [-0.4, -0.2) is 0 Å². The molecule has 0 aliphatic rings. The first-order valence-electron chi connectivity index (χ1n) is 4.00. The predicted molar refractivity (Wildman–Crippen MR) is 57.0 cm³/mol. The summed E-state index contributed by atoms with van der Waals surface area (Å²) in [6.45, 7) is 11.5. The van der Waals surface area contributed by atoms with Crippen molar-refractivity contribution in [3.63, 3.8) is 0 Å². The first-order valence-corrected chi connectivity index (χ1v) is 4.00. The van der Waals surface area contributed by atoms with Crippen LogP contribution in [0.15, 0.2) is 60.8 Å². The summed E-state index contributed by atoms with van der Waals surface area (Å²) in [7, 11) is 0. The third-order valence-electron chi connectivity index (χ3n) is 1.48. The molecular formula is C12H16. The summed E-state index contributed by atoms with van der Waals surface area (Å²) < 4.78 is 0. The maximum Gasteiger partial charge on any atom is -0.0299 e. The first-order chi connectivity index (χ1) is 5.72. The number of allylic oxidation sites excluding steroid dienone is 8. The Kier molecular flexibility index (Phi) is 5.72. The molecule has 0 N–H and O–H groups in total. The summed E-state index contributed by atoms with van der Waals surface area (Å²) in [4.78, 5) is 0. The maximum absolute atomic E-state index is 3.91. The molecule has 0 nitrogen and oxygen atoms in total. The van der Waals surface area contributed by atoms with Crippen LogP contribution in [-0.2, 0) is 0 Å². The maximum atomic E-state index is 3.91. The summed E-state index contributed by atoms with van der Waals surface area (Å²) in [5.74, 6) is 0. The molecule has 0 atom stereocenters. The van der Waals surface area contributed by atoms with Crippen molar-refractivity contribution in [2.45, 2.75) is 13.8 Å². The molecule has 12 heavy (non-hydrogen) atoms. The second-order valence-corrected chi connectivity index (χ2v) is 2.50. The average molecular weight is 160 g/mol. The third-order valence-corrected chi connectivity index (χ3v) is 1.48. The summed E-state index contributed by atoms with van der Waals surface area (Å²) in [5.41, 5.74) is 2.19. The van der Waals surface area contributed by atoms with Gasteiger partial charge in [-0.1, -0.05) is 49.6 Å². The van der Waals surface area contributed by atoms with Gasteiger partial charge in [0.15, 0.2) is 0 Å². The monoisotopic (exact) mass is 160 g/mol. The standard InChI is InChI=1S/C12H16/c1-5-7-9-11(3)12(4)10-8-6-2/h5-10H,1,3H2,2,4H3. The molecule has 0 aromatic rings. The van der Waals surface area contributed by atoms with Gasteiger partial charge in [-0.15, -0.1) is 0 Å². The van der Waals surface area contributed by atoms with Crippen molar-refractivity contribution in [2.75, 3.05) is 0 Å². The van der Waals surface area contributed by atoms with Crippen molar-refractivity contribution in [1.29, 1.82) is 0 Å². The van der Waals surface area contributed by atoms with E-state index in [9.17, 15) is 0 Å². The van der Waals surface area contributed by atoms with Crippen LogP contribution in [0.5, 0.6) is 0 Å². The second-order valence-electron chi connectivity index (χ2n) is 2.50. The quantitative estimate of drug-likeness (QED) is 0.549. The van der Waals surface area contributed by atoms with Crippen molar-refractivity contribution in [1.82, 2.24) is 0 Å². The van der Waals surface area contributed by atoms with Gasteiger partial charge in [-0.3, -0.25) is 0 Å². The van der Waals surface area contributed by atoms with Gasteiger partial charge in [0, 0.05) is 0 Å². The van der Waals surface area contributed by atoms with Crippen molar-refractivity contribution in [2.24, 2.45) is 0 Å². The molecule has 0 aliphatic heterocycles. The Balaban J connectivity index is 4.28. The van der Waals surface area contributed by atoms with Crippen molar-refractivity contribution >= 4 is 0 Å². The zero-order chi connectivity index (χ0) is 9.40. The van der Waals surface area contributed by atoms with Crippen LogP contribution in [0.2, 0.25) is 0 Å². The minimum Gasteiger partial charge on any atom is -0.0991 e. The number of hydrogen-bond acceptors (Lipinski definition) is 0. The molecule has 0 aromatic carbocycles. The van der Waals surface area contributed by atoms with E-state index in [-0.39, 0.29) is 0 Å². The highest BCUT2D eigenvalue weighted by atomic mass is 13.9. The van der Waals surface area contributed by atoms with Gasteiger partial charge in [0.2, 0.25) is 0 Å². The molecule has 0 heteroatoms. The van der Waals surface area contributed by atoms with E-state index in [1.165, 1.54) is 5.57 Å². The van der Waals surface area contributed by atoms with Gasteiger partial charge in [0.25, 0.3) is 0 Å². The van der Waals surface area contributed by atoms with E-state index in [0.29, 0.717) is 0 Å². The highest BCUT2D eigenvalue weighted by Crippen LogP contribution is 2.07. The van der Waals surface area contributed by atoms with E-state index in [2.05, 4.69) is 13.2 Å². The lowest BCUT2D eigenvalue weighted by Crippen LogP contribution is -1.76. The van der Waals surface area contributed by atoms with Gasteiger partial charge >= 0.3 is 0 Å².